The van der Waals surface area contributed by atoms with Gasteiger partial charge in [0.15, 0.2) is 0 Å². The van der Waals surface area contributed by atoms with Crippen LogP contribution >= 0.6 is 0 Å². The average Bonchev–Trinajstić information content (AvgIpc) is 2.87. The lowest BCUT2D eigenvalue weighted by atomic mass is 10.1. The molecule has 0 atom stereocenters. The summed E-state index contributed by atoms with van der Waals surface area (Å²) in [5, 5.41) is 12.4. The van der Waals surface area contributed by atoms with Crippen LogP contribution < -0.4 is 5.32 Å². The van der Waals surface area contributed by atoms with E-state index in [0.717, 1.165) is 24.1 Å². The molecule has 2 N–H and O–H groups in total. The second kappa shape index (κ2) is 3.26. The van der Waals surface area contributed by atoms with Crippen LogP contribution in [0.15, 0.2) is 18.2 Å². The van der Waals surface area contributed by atoms with E-state index in [1.165, 1.54) is 0 Å². The summed E-state index contributed by atoms with van der Waals surface area (Å²) in [6.45, 7) is 4.01. The third-order valence-electron chi connectivity index (χ3n) is 2.84. The monoisotopic (exact) mass is 205 g/mol. The van der Waals surface area contributed by atoms with E-state index in [1.807, 2.05) is 19.1 Å². The van der Waals surface area contributed by atoms with Gasteiger partial charge in [0.05, 0.1) is 5.56 Å². The first kappa shape index (κ1) is 10.0. The Balaban J connectivity index is 2.32. The highest BCUT2D eigenvalue weighted by molar-refractivity contribution is 5.94. The molecular formula is C12H15NO2. The van der Waals surface area contributed by atoms with E-state index in [9.17, 15) is 4.79 Å². The summed E-state index contributed by atoms with van der Waals surface area (Å²) in [5.41, 5.74) is 2.18. The van der Waals surface area contributed by atoms with Crippen LogP contribution in [0.1, 0.15) is 35.7 Å². The summed E-state index contributed by atoms with van der Waals surface area (Å²) in [4.78, 5) is 11.0. The molecule has 1 saturated carbocycles. The number of hydrogen-bond acceptors (Lipinski definition) is 2. The molecule has 0 bridgehead atoms. The van der Waals surface area contributed by atoms with Gasteiger partial charge in [-0.15, -0.1) is 0 Å². The van der Waals surface area contributed by atoms with Crippen LogP contribution in [-0.2, 0) is 0 Å². The number of aryl methyl sites for hydroxylation is 1. The second-order valence-corrected chi connectivity index (χ2v) is 4.54. The molecule has 1 aliphatic carbocycles. The Kier molecular flexibility index (Phi) is 2.18. The van der Waals surface area contributed by atoms with E-state index in [0.29, 0.717) is 5.56 Å². The molecule has 1 aromatic rings. The molecule has 0 amide bonds. The van der Waals surface area contributed by atoms with E-state index in [1.54, 1.807) is 6.07 Å². The Bertz CT molecular complexity index is 408. The van der Waals surface area contributed by atoms with Gasteiger partial charge in [0, 0.05) is 11.2 Å². The zero-order valence-corrected chi connectivity index (χ0v) is 9.00. The van der Waals surface area contributed by atoms with Gasteiger partial charge in [-0.3, -0.25) is 0 Å². The van der Waals surface area contributed by atoms with Crippen LogP contribution in [0.2, 0.25) is 0 Å². The number of hydrogen-bond donors (Lipinski definition) is 2. The van der Waals surface area contributed by atoms with Crippen molar-refractivity contribution in [1.29, 1.82) is 0 Å². The van der Waals surface area contributed by atoms with Crippen molar-refractivity contribution in [1.82, 2.24) is 0 Å². The maximum Gasteiger partial charge on any atom is 0.337 e. The fourth-order valence-corrected chi connectivity index (χ4v) is 1.58. The fraction of sp³-hybridized carbons (Fsp3) is 0.417. The number of anilines is 1. The Hall–Kier alpha value is -1.51. The molecule has 0 aliphatic heterocycles. The average molecular weight is 205 g/mol. The minimum atomic E-state index is -0.870. The summed E-state index contributed by atoms with van der Waals surface area (Å²) in [7, 11) is 0. The van der Waals surface area contributed by atoms with Crippen LogP contribution in [0.5, 0.6) is 0 Å². The molecule has 0 unspecified atom stereocenters. The molecule has 0 aromatic heterocycles. The molecule has 80 valence electrons. The number of rotatable bonds is 3. The molecule has 0 radical (unpaired) electrons. The van der Waals surface area contributed by atoms with E-state index >= 15 is 0 Å². The molecule has 0 saturated heterocycles. The molecule has 0 heterocycles. The standard InChI is InChI=1S/C12H15NO2/c1-8-3-4-10(9(7-8)11(14)15)13-12(2)5-6-12/h3-4,7,13H,5-6H2,1-2H3,(H,14,15). The fourth-order valence-electron chi connectivity index (χ4n) is 1.58. The maximum atomic E-state index is 11.0. The topological polar surface area (TPSA) is 49.3 Å². The zero-order chi connectivity index (χ0) is 11.1. The van der Waals surface area contributed by atoms with E-state index in [4.69, 9.17) is 5.11 Å². The minimum Gasteiger partial charge on any atom is -0.478 e. The number of carboxylic acids is 1. The second-order valence-electron chi connectivity index (χ2n) is 4.54. The van der Waals surface area contributed by atoms with Gasteiger partial charge in [-0.1, -0.05) is 11.6 Å². The first-order chi connectivity index (χ1) is 7.00. The zero-order valence-electron chi connectivity index (χ0n) is 9.00. The molecule has 2 rings (SSSR count). The molecule has 1 aromatic carbocycles. The van der Waals surface area contributed by atoms with Crippen molar-refractivity contribution in [2.24, 2.45) is 0 Å². The maximum absolute atomic E-state index is 11.0. The lowest BCUT2D eigenvalue weighted by molar-refractivity contribution is 0.0698. The Labute approximate surface area is 89.1 Å². The van der Waals surface area contributed by atoms with E-state index in [-0.39, 0.29) is 5.54 Å². The first-order valence-electron chi connectivity index (χ1n) is 5.12. The van der Waals surface area contributed by atoms with Gasteiger partial charge in [0.1, 0.15) is 0 Å². The number of carboxylic acid groups (broad SMARTS) is 1. The van der Waals surface area contributed by atoms with Crippen molar-refractivity contribution in [2.45, 2.75) is 32.2 Å². The summed E-state index contributed by atoms with van der Waals surface area (Å²) in [6.07, 6.45) is 2.22. The predicted molar refractivity (Wildman–Crippen MR) is 59.4 cm³/mol. The largest absolute Gasteiger partial charge is 0.478 e. The van der Waals surface area contributed by atoms with Crippen LogP contribution in [-0.4, -0.2) is 16.6 Å². The molecule has 3 heteroatoms. The number of benzene rings is 1. The SMILES string of the molecule is Cc1ccc(NC2(C)CC2)c(C(=O)O)c1. The molecular weight excluding hydrogens is 190 g/mol. The van der Waals surface area contributed by atoms with Gasteiger partial charge in [-0.25, -0.2) is 4.79 Å². The summed E-state index contributed by atoms with van der Waals surface area (Å²) in [5.74, 6) is -0.870. The first-order valence-corrected chi connectivity index (χ1v) is 5.12. The lowest BCUT2D eigenvalue weighted by Gasteiger charge is -2.15. The van der Waals surface area contributed by atoms with Crippen LogP contribution in [0.4, 0.5) is 5.69 Å². The number of aromatic carboxylic acids is 1. The smallest absolute Gasteiger partial charge is 0.337 e. The van der Waals surface area contributed by atoms with Crippen molar-refractivity contribution in [3.05, 3.63) is 29.3 Å². The normalized spacial score (nSPS) is 17.2. The Morgan fingerprint density at radius 1 is 1.47 bits per heavy atom. The van der Waals surface area contributed by atoms with Gasteiger partial charge in [0.2, 0.25) is 0 Å². The third kappa shape index (κ3) is 2.12. The van der Waals surface area contributed by atoms with Crippen LogP contribution in [0, 0.1) is 6.92 Å². The van der Waals surface area contributed by atoms with Gasteiger partial charge >= 0.3 is 5.97 Å². The van der Waals surface area contributed by atoms with Gasteiger partial charge < -0.3 is 10.4 Å². The van der Waals surface area contributed by atoms with Gasteiger partial charge in [0.25, 0.3) is 0 Å². The molecule has 1 fully saturated rings. The van der Waals surface area contributed by atoms with Gasteiger partial charge in [-0.05, 0) is 38.8 Å². The van der Waals surface area contributed by atoms with Crippen LogP contribution in [0.3, 0.4) is 0 Å². The Morgan fingerprint density at radius 2 is 2.13 bits per heavy atom. The van der Waals surface area contributed by atoms with Gasteiger partial charge in [-0.2, -0.15) is 0 Å². The molecule has 3 nitrogen and oxygen atoms in total. The Morgan fingerprint density at radius 3 is 2.67 bits per heavy atom. The number of nitrogens with one attached hydrogen (secondary N) is 1. The summed E-state index contributed by atoms with van der Waals surface area (Å²) < 4.78 is 0. The van der Waals surface area contributed by atoms with Crippen molar-refractivity contribution in [3.8, 4) is 0 Å². The molecule has 1 aliphatic rings. The van der Waals surface area contributed by atoms with Crippen molar-refractivity contribution < 1.29 is 9.90 Å². The number of carbonyl (C=O) groups is 1. The quantitative estimate of drug-likeness (QED) is 0.797. The van der Waals surface area contributed by atoms with Crippen molar-refractivity contribution >= 4 is 11.7 Å². The third-order valence-corrected chi connectivity index (χ3v) is 2.84. The van der Waals surface area contributed by atoms with E-state index in [2.05, 4.69) is 12.2 Å². The van der Waals surface area contributed by atoms with Crippen LogP contribution in [0.25, 0.3) is 0 Å². The molecule has 15 heavy (non-hydrogen) atoms. The highest BCUT2D eigenvalue weighted by Gasteiger charge is 2.37. The van der Waals surface area contributed by atoms with E-state index < -0.39 is 5.97 Å². The highest BCUT2D eigenvalue weighted by atomic mass is 16.4. The summed E-state index contributed by atoms with van der Waals surface area (Å²) >= 11 is 0. The molecule has 0 spiro atoms. The summed E-state index contributed by atoms with van der Waals surface area (Å²) in [6, 6.07) is 5.49. The van der Waals surface area contributed by atoms with Crippen molar-refractivity contribution in [2.75, 3.05) is 5.32 Å². The predicted octanol–water partition coefficient (Wildman–Crippen LogP) is 2.66. The lowest BCUT2D eigenvalue weighted by Crippen LogP contribution is -2.18. The van der Waals surface area contributed by atoms with Crippen molar-refractivity contribution in [3.63, 3.8) is 0 Å². The highest BCUT2D eigenvalue weighted by Crippen LogP contribution is 2.38. The minimum absolute atomic E-state index is 0.111.